The van der Waals surface area contributed by atoms with E-state index in [1.165, 1.54) is 5.56 Å². The summed E-state index contributed by atoms with van der Waals surface area (Å²) in [5, 5.41) is 8.86. The Balaban J connectivity index is 2.53. The summed E-state index contributed by atoms with van der Waals surface area (Å²) < 4.78 is 0. The predicted octanol–water partition coefficient (Wildman–Crippen LogP) is 2.31. The molecule has 20 heavy (non-hydrogen) atoms. The number of hydrogen-bond acceptors (Lipinski definition) is 3. The van der Waals surface area contributed by atoms with Gasteiger partial charge in [-0.3, -0.25) is 9.69 Å². The molecule has 0 atom stereocenters. The summed E-state index contributed by atoms with van der Waals surface area (Å²) in [7, 11) is 0. The molecule has 0 unspecified atom stereocenters. The van der Waals surface area contributed by atoms with E-state index in [9.17, 15) is 4.79 Å². The molecule has 1 aromatic carbocycles. The summed E-state index contributed by atoms with van der Waals surface area (Å²) in [6.45, 7) is 9.69. The van der Waals surface area contributed by atoms with E-state index in [2.05, 4.69) is 35.8 Å². The molecule has 0 heterocycles. The van der Waals surface area contributed by atoms with Crippen molar-refractivity contribution in [2.24, 2.45) is 0 Å². The van der Waals surface area contributed by atoms with Gasteiger partial charge >= 0.3 is 5.97 Å². The number of benzene rings is 1. The molecular formula is C16H26N2O2. The normalized spacial score (nSPS) is 11.2. The zero-order valence-corrected chi connectivity index (χ0v) is 12.6. The van der Waals surface area contributed by atoms with Crippen LogP contribution in [0.25, 0.3) is 0 Å². The van der Waals surface area contributed by atoms with Crippen molar-refractivity contribution >= 4 is 5.97 Å². The fourth-order valence-corrected chi connectivity index (χ4v) is 2.19. The van der Waals surface area contributed by atoms with E-state index < -0.39 is 5.97 Å². The molecule has 0 aliphatic carbocycles. The molecule has 0 aliphatic heterocycles. The number of rotatable bonds is 10. The second-order valence-corrected chi connectivity index (χ2v) is 4.93. The smallest absolute Gasteiger partial charge is 0.304 e. The number of likely N-dealkylation sites (N-methyl/N-ethyl adjacent to an activating group) is 1. The second kappa shape index (κ2) is 9.50. The van der Waals surface area contributed by atoms with E-state index in [1.807, 2.05) is 18.2 Å². The van der Waals surface area contributed by atoms with Gasteiger partial charge in [0, 0.05) is 26.2 Å². The molecule has 0 aliphatic rings. The predicted molar refractivity (Wildman–Crippen MR) is 81.8 cm³/mol. The Kier molecular flexibility index (Phi) is 7.92. The summed E-state index contributed by atoms with van der Waals surface area (Å²) >= 11 is 0. The molecule has 0 saturated carbocycles. The van der Waals surface area contributed by atoms with Gasteiger partial charge in [-0.2, -0.15) is 0 Å². The molecule has 0 amide bonds. The highest BCUT2D eigenvalue weighted by Crippen LogP contribution is 2.05. The number of hydrogen-bond donors (Lipinski definition) is 1. The van der Waals surface area contributed by atoms with Gasteiger partial charge in [0.05, 0.1) is 6.42 Å². The van der Waals surface area contributed by atoms with Gasteiger partial charge in [-0.1, -0.05) is 44.2 Å². The van der Waals surface area contributed by atoms with Crippen LogP contribution in [0, 0.1) is 0 Å². The lowest BCUT2D eigenvalue weighted by Gasteiger charge is -2.26. The van der Waals surface area contributed by atoms with Crippen molar-refractivity contribution < 1.29 is 9.90 Å². The van der Waals surface area contributed by atoms with Gasteiger partial charge in [0.2, 0.25) is 0 Å². The van der Waals surface area contributed by atoms with E-state index >= 15 is 0 Å². The third-order valence-corrected chi connectivity index (χ3v) is 3.52. The van der Waals surface area contributed by atoms with Gasteiger partial charge in [-0.25, -0.2) is 0 Å². The maximum absolute atomic E-state index is 10.8. The molecule has 4 heteroatoms. The van der Waals surface area contributed by atoms with Gasteiger partial charge < -0.3 is 10.0 Å². The minimum absolute atomic E-state index is 0.199. The van der Waals surface area contributed by atoms with Crippen molar-refractivity contribution in [2.75, 3.05) is 32.7 Å². The van der Waals surface area contributed by atoms with Crippen LogP contribution in [0.2, 0.25) is 0 Å². The number of nitrogens with zero attached hydrogens (tertiary/aromatic N) is 2. The van der Waals surface area contributed by atoms with E-state index in [1.54, 1.807) is 0 Å². The summed E-state index contributed by atoms with van der Waals surface area (Å²) in [6.07, 6.45) is 0.199. The molecule has 0 bridgehead atoms. The maximum atomic E-state index is 10.8. The van der Waals surface area contributed by atoms with Gasteiger partial charge in [-0.05, 0) is 18.7 Å². The zero-order chi connectivity index (χ0) is 14.8. The standard InChI is InChI=1S/C16H26N2O2/c1-3-17(4-2)12-13-18(11-10-16(19)20)14-15-8-6-5-7-9-15/h5-9H,3-4,10-14H2,1-2H3,(H,19,20). The first-order chi connectivity index (χ1) is 9.65. The molecule has 0 fully saturated rings. The van der Waals surface area contributed by atoms with Crippen molar-refractivity contribution in [3.8, 4) is 0 Å². The third kappa shape index (κ3) is 6.68. The van der Waals surface area contributed by atoms with Gasteiger partial charge in [0.25, 0.3) is 0 Å². The molecule has 4 nitrogen and oxygen atoms in total. The van der Waals surface area contributed by atoms with Crippen LogP contribution < -0.4 is 0 Å². The molecule has 0 saturated heterocycles. The molecular weight excluding hydrogens is 252 g/mol. The van der Waals surface area contributed by atoms with Crippen LogP contribution >= 0.6 is 0 Å². The fraction of sp³-hybridized carbons (Fsp3) is 0.562. The van der Waals surface area contributed by atoms with Crippen molar-refractivity contribution in [1.82, 2.24) is 9.80 Å². The lowest BCUT2D eigenvalue weighted by atomic mass is 10.2. The molecule has 1 aromatic rings. The largest absolute Gasteiger partial charge is 0.481 e. The molecule has 0 radical (unpaired) electrons. The summed E-state index contributed by atoms with van der Waals surface area (Å²) in [5.74, 6) is -0.731. The lowest BCUT2D eigenvalue weighted by Crippen LogP contribution is -2.35. The Hall–Kier alpha value is -1.39. The third-order valence-electron chi connectivity index (χ3n) is 3.52. The van der Waals surface area contributed by atoms with Gasteiger partial charge in [-0.15, -0.1) is 0 Å². The topological polar surface area (TPSA) is 43.8 Å². The highest BCUT2D eigenvalue weighted by atomic mass is 16.4. The first-order valence-electron chi connectivity index (χ1n) is 7.36. The number of carboxylic acids is 1. The van der Waals surface area contributed by atoms with E-state index in [4.69, 9.17) is 5.11 Å². The van der Waals surface area contributed by atoms with Gasteiger partial charge in [0.1, 0.15) is 0 Å². The van der Waals surface area contributed by atoms with E-state index in [-0.39, 0.29) is 6.42 Å². The van der Waals surface area contributed by atoms with E-state index in [0.29, 0.717) is 6.54 Å². The Morgan fingerprint density at radius 2 is 1.60 bits per heavy atom. The Labute approximate surface area is 122 Å². The van der Waals surface area contributed by atoms with Crippen LogP contribution in [-0.2, 0) is 11.3 Å². The van der Waals surface area contributed by atoms with Gasteiger partial charge in [0.15, 0.2) is 0 Å². The van der Waals surface area contributed by atoms with Crippen molar-refractivity contribution in [3.05, 3.63) is 35.9 Å². The Morgan fingerprint density at radius 1 is 1.00 bits per heavy atom. The Morgan fingerprint density at radius 3 is 2.15 bits per heavy atom. The van der Waals surface area contributed by atoms with Crippen molar-refractivity contribution in [2.45, 2.75) is 26.8 Å². The molecule has 1 rings (SSSR count). The maximum Gasteiger partial charge on any atom is 0.304 e. The number of carbonyl (C=O) groups is 1. The minimum Gasteiger partial charge on any atom is -0.481 e. The average molecular weight is 278 g/mol. The molecule has 0 aromatic heterocycles. The highest BCUT2D eigenvalue weighted by molar-refractivity contribution is 5.66. The first-order valence-corrected chi connectivity index (χ1v) is 7.36. The average Bonchev–Trinajstić information content (AvgIpc) is 2.46. The quantitative estimate of drug-likeness (QED) is 0.713. The van der Waals surface area contributed by atoms with E-state index in [0.717, 1.165) is 32.7 Å². The molecule has 112 valence electrons. The fourth-order valence-electron chi connectivity index (χ4n) is 2.19. The molecule has 1 N–H and O–H groups in total. The number of aliphatic carboxylic acids is 1. The summed E-state index contributed by atoms with van der Waals surface area (Å²) in [4.78, 5) is 15.4. The summed E-state index contributed by atoms with van der Waals surface area (Å²) in [5.41, 5.74) is 1.23. The monoisotopic (exact) mass is 278 g/mol. The summed E-state index contributed by atoms with van der Waals surface area (Å²) in [6, 6.07) is 10.2. The van der Waals surface area contributed by atoms with Crippen molar-refractivity contribution in [3.63, 3.8) is 0 Å². The Bertz CT molecular complexity index is 377. The lowest BCUT2D eigenvalue weighted by molar-refractivity contribution is -0.137. The van der Waals surface area contributed by atoms with Crippen LogP contribution in [0.15, 0.2) is 30.3 Å². The number of carboxylic acid groups (broad SMARTS) is 1. The van der Waals surface area contributed by atoms with Crippen LogP contribution in [0.3, 0.4) is 0 Å². The van der Waals surface area contributed by atoms with Crippen LogP contribution in [-0.4, -0.2) is 53.6 Å². The minimum atomic E-state index is -0.731. The van der Waals surface area contributed by atoms with Crippen LogP contribution in [0.4, 0.5) is 0 Å². The highest BCUT2D eigenvalue weighted by Gasteiger charge is 2.10. The zero-order valence-electron chi connectivity index (χ0n) is 12.6. The molecule has 0 spiro atoms. The SMILES string of the molecule is CCN(CC)CCN(CCC(=O)O)Cc1ccccc1. The van der Waals surface area contributed by atoms with Crippen LogP contribution in [0.1, 0.15) is 25.8 Å². The van der Waals surface area contributed by atoms with Crippen molar-refractivity contribution in [1.29, 1.82) is 0 Å². The first kappa shape index (κ1) is 16.7. The second-order valence-electron chi connectivity index (χ2n) is 4.93. The van der Waals surface area contributed by atoms with Crippen LogP contribution in [0.5, 0.6) is 0 Å².